The van der Waals surface area contributed by atoms with Crippen molar-refractivity contribution in [3.05, 3.63) is 53.3 Å². The van der Waals surface area contributed by atoms with Crippen LogP contribution in [-0.4, -0.2) is 53.4 Å². The van der Waals surface area contributed by atoms with Crippen molar-refractivity contribution in [3.8, 4) is 5.75 Å². The number of halogens is 1. The molecule has 0 aliphatic heterocycles. The standard InChI is InChI=1S/C10H14ClNO4S.C6H7NO4S/c11-8-3-4-10(13)9(7-8)12-5-1-2-6-17(14,15)16;8-6(12(9,10)11)5-1-3-7-4-2-5/h3-4,7,12-13H,1-2,5-6H2,(H,14,15,16);1-4,6,8H,(H,9,10,11). The summed E-state index contributed by atoms with van der Waals surface area (Å²) in [6.45, 7) is 0.490. The molecule has 0 aliphatic carbocycles. The molecular weight excluding hydrogens is 448 g/mol. The largest absolute Gasteiger partial charge is 0.506 e. The molecule has 2 aromatic rings. The number of phenols is 1. The number of nitrogens with zero attached hydrogens (tertiary/aromatic N) is 1. The zero-order valence-corrected chi connectivity index (χ0v) is 17.4. The average molecular weight is 469 g/mol. The van der Waals surface area contributed by atoms with Crippen LogP contribution in [0, 0.1) is 0 Å². The quantitative estimate of drug-likeness (QED) is 0.219. The fourth-order valence-corrected chi connectivity index (χ4v) is 3.22. The lowest BCUT2D eigenvalue weighted by molar-refractivity contribution is 0.238. The molecule has 0 bridgehead atoms. The van der Waals surface area contributed by atoms with Crippen LogP contribution in [0.4, 0.5) is 5.69 Å². The number of anilines is 1. The van der Waals surface area contributed by atoms with Crippen LogP contribution in [0.1, 0.15) is 23.8 Å². The van der Waals surface area contributed by atoms with Crippen LogP contribution < -0.4 is 5.32 Å². The summed E-state index contributed by atoms with van der Waals surface area (Å²) in [4.78, 5) is 3.62. The van der Waals surface area contributed by atoms with Crippen molar-refractivity contribution in [2.45, 2.75) is 18.3 Å². The van der Waals surface area contributed by atoms with Gasteiger partial charge in [-0.2, -0.15) is 16.8 Å². The van der Waals surface area contributed by atoms with Gasteiger partial charge in [0.05, 0.1) is 11.4 Å². The second-order valence-electron chi connectivity index (χ2n) is 5.73. The maximum absolute atomic E-state index is 10.4. The summed E-state index contributed by atoms with van der Waals surface area (Å²) in [6.07, 6.45) is 3.56. The number of unbranched alkanes of at least 4 members (excludes halogenated alkanes) is 1. The molecule has 0 saturated heterocycles. The number of aliphatic hydroxyl groups excluding tert-OH is 1. The van der Waals surface area contributed by atoms with E-state index in [9.17, 15) is 21.9 Å². The molecule has 0 radical (unpaired) electrons. The van der Waals surface area contributed by atoms with Crippen molar-refractivity contribution in [3.63, 3.8) is 0 Å². The van der Waals surface area contributed by atoms with Gasteiger partial charge in [0.2, 0.25) is 5.44 Å². The minimum atomic E-state index is -4.43. The fraction of sp³-hybridized carbons (Fsp3) is 0.312. The normalized spacial score (nSPS) is 12.6. The van der Waals surface area contributed by atoms with Crippen molar-refractivity contribution in [1.29, 1.82) is 0 Å². The van der Waals surface area contributed by atoms with Crippen molar-refractivity contribution in [2.24, 2.45) is 0 Å². The van der Waals surface area contributed by atoms with Gasteiger partial charge < -0.3 is 15.5 Å². The second-order valence-corrected chi connectivity index (χ2v) is 9.21. The Labute approximate surface area is 173 Å². The van der Waals surface area contributed by atoms with Gasteiger partial charge in [0.1, 0.15) is 5.75 Å². The third kappa shape index (κ3) is 10.4. The highest BCUT2D eigenvalue weighted by molar-refractivity contribution is 7.86. The van der Waals surface area contributed by atoms with E-state index in [4.69, 9.17) is 25.8 Å². The number of nitrogens with one attached hydrogen (secondary N) is 1. The van der Waals surface area contributed by atoms with Crippen molar-refractivity contribution < 1.29 is 36.2 Å². The molecule has 5 N–H and O–H groups in total. The highest BCUT2D eigenvalue weighted by atomic mass is 35.5. The Morgan fingerprint density at radius 3 is 2.21 bits per heavy atom. The number of hydrogen-bond donors (Lipinski definition) is 5. The van der Waals surface area contributed by atoms with E-state index in [0.717, 1.165) is 0 Å². The molecule has 0 amide bonds. The van der Waals surface area contributed by atoms with Gasteiger partial charge >= 0.3 is 0 Å². The number of aromatic hydroxyl groups is 1. The van der Waals surface area contributed by atoms with Gasteiger partial charge in [0, 0.05) is 29.5 Å². The zero-order chi connectivity index (χ0) is 22.1. The lowest BCUT2D eigenvalue weighted by atomic mass is 10.2. The van der Waals surface area contributed by atoms with E-state index in [2.05, 4.69) is 10.3 Å². The first-order valence-corrected chi connectivity index (χ1v) is 11.6. The highest BCUT2D eigenvalue weighted by Gasteiger charge is 2.20. The molecule has 1 aromatic carbocycles. The lowest BCUT2D eigenvalue weighted by Gasteiger charge is -2.08. The number of benzene rings is 1. The molecule has 1 atom stereocenters. The number of hydrogen-bond acceptors (Lipinski definition) is 8. The summed E-state index contributed by atoms with van der Waals surface area (Å²) in [5, 5.41) is 21.9. The Balaban J connectivity index is 0.000000308. The van der Waals surface area contributed by atoms with Crippen LogP contribution in [0.5, 0.6) is 5.75 Å². The molecule has 10 nitrogen and oxygen atoms in total. The number of rotatable bonds is 8. The van der Waals surface area contributed by atoms with Crippen LogP contribution in [0.25, 0.3) is 0 Å². The number of aromatic nitrogens is 1. The highest BCUT2D eigenvalue weighted by Crippen LogP contribution is 2.26. The van der Waals surface area contributed by atoms with Gasteiger partial charge in [0.25, 0.3) is 20.2 Å². The molecule has 0 aliphatic rings. The van der Waals surface area contributed by atoms with Crippen molar-refractivity contribution >= 4 is 37.5 Å². The summed E-state index contributed by atoms with van der Waals surface area (Å²) in [7, 11) is -8.31. The molecule has 29 heavy (non-hydrogen) atoms. The molecular formula is C16H21ClN2O8S2. The third-order valence-electron chi connectivity index (χ3n) is 3.38. The van der Waals surface area contributed by atoms with Crippen LogP contribution in [0.3, 0.4) is 0 Å². The smallest absolute Gasteiger partial charge is 0.296 e. The number of aliphatic hydroxyl groups is 1. The lowest BCUT2D eigenvalue weighted by Crippen LogP contribution is -2.10. The predicted molar refractivity (Wildman–Crippen MR) is 108 cm³/mol. The fourth-order valence-electron chi connectivity index (χ4n) is 1.98. The molecule has 0 saturated carbocycles. The van der Waals surface area contributed by atoms with Gasteiger partial charge in [-0.1, -0.05) is 11.6 Å². The van der Waals surface area contributed by atoms with Crippen molar-refractivity contribution in [2.75, 3.05) is 17.6 Å². The Hall–Kier alpha value is -1.96. The monoisotopic (exact) mass is 468 g/mol. The molecule has 1 unspecified atom stereocenters. The Kier molecular flexibility index (Phi) is 9.76. The number of phenolic OH excluding ortho intramolecular Hbond substituents is 1. The minimum absolute atomic E-state index is 0.0872. The predicted octanol–water partition coefficient (Wildman–Crippen LogP) is 2.09. The van der Waals surface area contributed by atoms with E-state index in [0.29, 0.717) is 30.1 Å². The first-order chi connectivity index (χ1) is 13.4. The maximum Gasteiger partial charge on any atom is 0.296 e. The minimum Gasteiger partial charge on any atom is -0.506 e. The van der Waals surface area contributed by atoms with Crippen molar-refractivity contribution in [1.82, 2.24) is 4.98 Å². The van der Waals surface area contributed by atoms with Gasteiger partial charge in [-0.05, 0) is 43.2 Å². The molecule has 0 spiro atoms. The van der Waals surface area contributed by atoms with E-state index in [1.807, 2.05) is 0 Å². The van der Waals surface area contributed by atoms with E-state index in [1.54, 1.807) is 12.1 Å². The van der Waals surface area contributed by atoms with Gasteiger partial charge in [-0.15, -0.1) is 0 Å². The van der Waals surface area contributed by atoms with Gasteiger partial charge in [-0.3, -0.25) is 14.1 Å². The van der Waals surface area contributed by atoms with Crippen LogP contribution in [0.2, 0.25) is 5.02 Å². The number of pyridine rings is 1. The van der Waals surface area contributed by atoms with E-state index in [-0.39, 0.29) is 17.1 Å². The molecule has 0 fully saturated rings. The Bertz CT molecular complexity index is 985. The summed E-state index contributed by atoms with van der Waals surface area (Å²) in [6, 6.07) is 7.24. The summed E-state index contributed by atoms with van der Waals surface area (Å²) >= 11 is 5.75. The second kappa shape index (κ2) is 11.3. The topological polar surface area (TPSA) is 174 Å². The van der Waals surface area contributed by atoms with E-state index < -0.39 is 25.7 Å². The molecule has 1 aromatic heterocycles. The maximum atomic E-state index is 10.4. The SMILES string of the molecule is O=S(=O)(O)C(O)c1ccncc1.O=S(=O)(O)CCCCNc1cc(Cl)ccc1O. The van der Waals surface area contributed by atoms with E-state index in [1.165, 1.54) is 30.6 Å². The summed E-state index contributed by atoms with van der Waals surface area (Å²) in [5.74, 6) is -0.167. The molecule has 1 heterocycles. The Morgan fingerprint density at radius 1 is 1.03 bits per heavy atom. The average Bonchev–Trinajstić information content (AvgIpc) is 2.63. The third-order valence-corrected chi connectivity index (χ3v) is 5.25. The van der Waals surface area contributed by atoms with Gasteiger partial charge in [-0.25, -0.2) is 0 Å². The van der Waals surface area contributed by atoms with Gasteiger partial charge in [0.15, 0.2) is 0 Å². The first-order valence-electron chi connectivity index (χ1n) is 8.12. The Morgan fingerprint density at radius 2 is 1.66 bits per heavy atom. The van der Waals surface area contributed by atoms with Crippen LogP contribution in [-0.2, 0) is 20.2 Å². The van der Waals surface area contributed by atoms with E-state index >= 15 is 0 Å². The first kappa shape index (κ1) is 25.1. The van der Waals surface area contributed by atoms with Crippen LogP contribution in [0.15, 0.2) is 42.7 Å². The molecule has 13 heteroatoms. The summed E-state index contributed by atoms with van der Waals surface area (Å²) in [5.41, 5.74) is -1.29. The molecule has 162 valence electrons. The molecule has 2 rings (SSSR count). The van der Waals surface area contributed by atoms with Crippen LogP contribution >= 0.6 is 11.6 Å². The summed E-state index contributed by atoms with van der Waals surface area (Å²) < 4.78 is 58.7. The zero-order valence-electron chi connectivity index (χ0n) is 15.0.